The Hall–Kier alpha value is -1.02. The van der Waals surface area contributed by atoms with Gasteiger partial charge in [0, 0.05) is 6.61 Å². The number of hydrogen-bond acceptors (Lipinski definition) is 2. The number of aliphatic hydroxyl groups is 1. The van der Waals surface area contributed by atoms with E-state index in [0.717, 1.165) is 12.3 Å². The molecule has 82 valence electrons. The lowest BCUT2D eigenvalue weighted by atomic mass is 9.72. The first-order valence-electron chi connectivity index (χ1n) is 5.71. The molecule has 1 aromatic carbocycles. The van der Waals surface area contributed by atoms with Crippen molar-refractivity contribution in [2.75, 3.05) is 6.61 Å². The van der Waals surface area contributed by atoms with Crippen LogP contribution in [0.3, 0.4) is 0 Å². The second-order valence-electron chi connectivity index (χ2n) is 4.40. The second-order valence-corrected chi connectivity index (χ2v) is 4.40. The smallest absolute Gasteiger partial charge is 0.115 e. The zero-order chi connectivity index (χ0) is 10.7. The van der Waals surface area contributed by atoms with Crippen LogP contribution < -0.4 is 0 Å². The van der Waals surface area contributed by atoms with Gasteiger partial charge in [0.25, 0.3) is 0 Å². The molecular formula is C13H18O2. The van der Waals surface area contributed by atoms with Crippen molar-refractivity contribution in [3.8, 4) is 5.75 Å². The van der Waals surface area contributed by atoms with Gasteiger partial charge in [0.05, 0.1) is 0 Å². The lowest BCUT2D eigenvalue weighted by Crippen LogP contribution is -2.21. The number of benzene rings is 1. The molecule has 0 bridgehead atoms. The van der Waals surface area contributed by atoms with Crippen molar-refractivity contribution < 1.29 is 10.2 Å². The van der Waals surface area contributed by atoms with E-state index in [1.165, 1.54) is 24.8 Å². The van der Waals surface area contributed by atoms with E-state index in [0.29, 0.717) is 11.7 Å². The first kappa shape index (κ1) is 10.5. The molecule has 15 heavy (non-hydrogen) atoms. The molecule has 0 heterocycles. The van der Waals surface area contributed by atoms with Gasteiger partial charge in [-0.2, -0.15) is 0 Å². The van der Waals surface area contributed by atoms with Gasteiger partial charge in [-0.25, -0.2) is 0 Å². The molecule has 2 rings (SSSR count). The van der Waals surface area contributed by atoms with Gasteiger partial charge in [-0.1, -0.05) is 18.6 Å². The lowest BCUT2D eigenvalue weighted by Gasteiger charge is -2.34. The van der Waals surface area contributed by atoms with Crippen LogP contribution in [-0.2, 0) is 0 Å². The van der Waals surface area contributed by atoms with E-state index >= 15 is 0 Å². The van der Waals surface area contributed by atoms with E-state index < -0.39 is 0 Å². The molecule has 0 radical (unpaired) electrons. The van der Waals surface area contributed by atoms with E-state index in [1.807, 2.05) is 12.1 Å². The lowest BCUT2D eigenvalue weighted by molar-refractivity contribution is 0.206. The van der Waals surface area contributed by atoms with E-state index in [1.54, 1.807) is 12.1 Å². The fourth-order valence-electron chi connectivity index (χ4n) is 2.38. The minimum Gasteiger partial charge on any atom is -0.508 e. The van der Waals surface area contributed by atoms with Gasteiger partial charge in [-0.05, 0) is 48.8 Å². The number of phenols is 1. The molecular weight excluding hydrogens is 188 g/mol. The number of hydrogen-bond donors (Lipinski definition) is 2. The SMILES string of the molecule is OCCC(c1ccc(O)cc1)C1CCC1. The van der Waals surface area contributed by atoms with Crippen LogP contribution in [0.4, 0.5) is 0 Å². The zero-order valence-corrected chi connectivity index (χ0v) is 8.89. The highest BCUT2D eigenvalue weighted by Crippen LogP contribution is 2.41. The normalized spacial score (nSPS) is 18.5. The van der Waals surface area contributed by atoms with Crippen molar-refractivity contribution in [1.82, 2.24) is 0 Å². The molecule has 1 aliphatic carbocycles. The summed E-state index contributed by atoms with van der Waals surface area (Å²) in [6.07, 6.45) is 4.73. The van der Waals surface area contributed by atoms with Crippen LogP contribution in [-0.4, -0.2) is 16.8 Å². The Bertz CT molecular complexity index is 301. The quantitative estimate of drug-likeness (QED) is 0.795. The molecule has 2 nitrogen and oxygen atoms in total. The number of aliphatic hydroxyl groups excluding tert-OH is 1. The molecule has 1 saturated carbocycles. The van der Waals surface area contributed by atoms with E-state index in [2.05, 4.69) is 0 Å². The van der Waals surface area contributed by atoms with Gasteiger partial charge in [-0.3, -0.25) is 0 Å². The summed E-state index contributed by atoms with van der Waals surface area (Å²) in [4.78, 5) is 0. The van der Waals surface area contributed by atoms with Gasteiger partial charge in [0.2, 0.25) is 0 Å². The van der Waals surface area contributed by atoms with E-state index in [9.17, 15) is 5.11 Å². The third kappa shape index (κ3) is 2.32. The minimum atomic E-state index is 0.252. The predicted molar refractivity (Wildman–Crippen MR) is 59.9 cm³/mol. The molecule has 2 N–H and O–H groups in total. The van der Waals surface area contributed by atoms with Crippen LogP contribution >= 0.6 is 0 Å². The average molecular weight is 206 g/mol. The Labute approximate surface area is 90.6 Å². The second kappa shape index (κ2) is 4.67. The fraction of sp³-hybridized carbons (Fsp3) is 0.538. The van der Waals surface area contributed by atoms with Crippen LogP contribution in [0.5, 0.6) is 5.75 Å². The number of aromatic hydroxyl groups is 1. The number of phenolic OH excluding ortho intramolecular Hbond substituents is 1. The highest BCUT2D eigenvalue weighted by molar-refractivity contribution is 5.29. The van der Waals surface area contributed by atoms with Crippen molar-refractivity contribution in [2.45, 2.75) is 31.6 Å². The Morgan fingerprint density at radius 3 is 2.33 bits per heavy atom. The summed E-state index contributed by atoms with van der Waals surface area (Å²) in [5.74, 6) is 1.53. The molecule has 0 aliphatic heterocycles. The zero-order valence-electron chi connectivity index (χ0n) is 8.89. The maximum absolute atomic E-state index is 9.23. The molecule has 1 unspecified atom stereocenters. The Morgan fingerprint density at radius 2 is 1.87 bits per heavy atom. The maximum Gasteiger partial charge on any atom is 0.115 e. The first-order valence-corrected chi connectivity index (χ1v) is 5.71. The van der Waals surface area contributed by atoms with Crippen LogP contribution in [0.1, 0.15) is 37.2 Å². The number of rotatable bonds is 4. The Morgan fingerprint density at radius 1 is 1.20 bits per heavy atom. The summed E-state index contributed by atoms with van der Waals surface area (Å²) in [5, 5.41) is 18.3. The van der Waals surface area contributed by atoms with Crippen molar-refractivity contribution >= 4 is 0 Å². The molecule has 1 atom stereocenters. The summed E-state index contributed by atoms with van der Waals surface area (Å²) in [5.41, 5.74) is 1.26. The third-order valence-corrected chi connectivity index (χ3v) is 3.48. The maximum atomic E-state index is 9.23. The Kier molecular flexibility index (Phi) is 3.27. The van der Waals surface area contributed by atoms with Crippen LogP contribution in [0.15, 0.2) is 24.3 Å². The van der Waals surface area contributed by atoms with Gasteiger partial charge < -0.3 is 10.2 Å². The average Bonchev–Trinajstić information content (AvgIpc) is 2.16. The largest absolute Gasteiger partial charge is 0.508 e. The molecule has 2 heteroatoms. The summed E-state index contributed by atoms with van der Waals surface area (Å²) in [7, 11) is 0. The first-order chi connectivity index (χ1) is 7.31. The van der Waals surface area contributed by atoms with Gasteiger partial charge in [0.15, 0.2) is 0 Å². The monoisotopic (exact) mass is 206 g/mol. The van der Waals surface area contributed by atoms with Crippen molar-refractivity contribution in [1.29, 1.82) is 0 Å². The van der Waals surface area contributed by atoms with E-state index in [-0.39, 0.29) is 6.61 Å². The van der Waals surface area contributed by atoms with Gasteiger partial charge >= 0.3 is 0 Å². The molecule has 1 fully saturated rings. The molecule has 0 aromatic heterocycles. The van der Waals surface area contributed by atoms with E-state index in [4.69, 9.17) is 5.11 Å². The van der Waals surface area contributed by atoms with Crippen molar-refractivity contribution in [3.63, 3.8) is 0 Å². The van der Waals surface area contributed by atoms with Crippen LogP contribution in [0, 0.1) is 5.92 Å². The highest BCUT2D eigenvalue weighted by Gasteiger charge is 2.27. The van der Waals surface area contributed by atoms with Gasteiger partial charge in [-0.15, -0.1) is 0 Å². The summed E-state index contributed by atoms with van der Waals surface area (Å²) < 4.78 is 0. The molecule has 1 aliphatic rings. The Balaban J connectivity index is 2.12. The summed E-state index contributed by atoms with van der Waals surface area (Å²) in [6.45, 7) is 0.252. The topological polar surface area (TPSA) is 40.5 Å². The molecule has 0 spiro atoms. The van der Waals surface area contributed by atoms with Crippen LogP contribution in [0.25, 0.3) is 0 Å². The van der Waals surface area contributed by atoms with Gasteiger partial charge in [0.1, 0.15) is 5.75 Å². The summed E-state index contributed by atoms with van der Waals surface area (Å²) >= 11 is 0. The predicted octanol–water partition coefficient (Wildman–Crippen LogP) is 2.66. The van der Waals surface area contributed by atoms with Crippen LogP contribution in [0.2, 0.25) is 0 Å². The van der Waals surface area contributed by atoms with Crippen molar-refractivity contribution in [2.24, 2.45) is 5.92 Å². The highest BCUT2D eigenvalue weighted by atomic mass is 16.3. The van der Waals surface area contributed by atoms with Crippen molar-refractivity contribution in [3.05, 3.63) is 29.8 Å². The minimum absolute atomic E-state index is 0.252. The molecule has 0 saturated heterocycles. The molecule has 1 aromatic rings. The standard InChI is InChI=1S/C13H18O2/c14-9-8-13(10-2-1-3-10)11-4-6-12(15)7-5-11/h4-7,10,13-15H,1-3,8-9H2. The summed E-state index contributed by atoms with van der Waals surface area (Å²) in [6, 6.07) is 7.43. The third-order valence-electron chi connectivity index (χ3n) is 3.48. The fourth-order valence-corrected chi connectivity index (χ4v) is 2.38. The molecule has 0 amide bonds.